The molecule has 0 spiro atoms. The number of amides is 1. The number of imidazole rings is 2. The third-order valence-corrected chi connectivity index (χ3v) is 8.84. The quantitative estimate of drug-likeness (QED) is 0.207. The number of piperidine rings is 1. The molecule has 1 aliphatic heterocycles. The van der Waals surface area contributed by atoms with E-state index in [1.165, 1.54) is 0 Å². The van der Waals surface area contributed by atoms with E-state index < -0.39 is 0 Å². The van der Waals surface area contributed by atoms with Gasteiger partial charge >= 0.3 is 5.69 Å². The van der Waals surface area contributed by atoms with E-state index >= 15 is 0 Å². The first-order valence-corrected chi connectivity index (χ1v) is 15.9. The highest BCUT2D eigenvalue weighted by molar-refractivity contribution is 5.79. The Morgan fingerprint density at radius 3 is 2.49 bits per heavy atom. The van der Waals surface area contributed by atoms with Crippen LogP contribution in [0.2, 0.25) is 0 Å². The highest BCUT2D eigenvalue weighted by Crippen LogP contribution is 2.30. The van der Waals surface area contributed by atoms with Gasteiger partial charge in [0.05, 0.1) is 40.9 Å². The van der Waals surface area contributed by atoms with E-state index in [0.29, 0.717) is 19.6 Å². The smallest absolute Gasteiger partial charge is 0.333 e. The van der Waals surface area contributed by atoms with Crippen molar-refractivity contribution >= 4 is 28.0 Å². The summed E-state index contributed by atoms with van der Waals surface area (Å²) in [5.41, 5.74) is 11.8. The Bertz CT molecular complexity index is 1820. The molecular formula is C35H42N6O4. The standard InChI is InChI=1S/C35H42N6O4/c1-45-21-7-18-39-30-10-3-2-9-29(30)37-34(39)26-8-6-17-38(24-26)33(43)23-27(36)22-25-13-15-28(16-14-25)41-32-12-5-4-11-31(32)40(19-20-42)35(41)44/h2-5,9-16,26-27,42H,6-8,17-24,36H2,1H3. The van der Waals surface area contributed by atoms with Gasteiger partial charge in [-0.3, -0.25) is 13.9 Å². The van der Waals surface area contributed by atoms with Crippen LogP contribution in [0.15, 0.2) is 77.6 Å². The molecule has 1 fully saturated rings. The molecule has 3 N–H and O–H groups in total. The number of benzene rings is 3. The number of hydrogen-bond acceptors (Lipinski definition) is 6. The van der Waals surface area contributed by atoms with Crippen molar-refractivity contribution in [2.75, 3.05) is 33.4 Å². The summed E-state index contributed by atoms with van der Waals surface area (Å²) in [5.74, 6) is 1.30. The number of fused-ring (bicyclic) bond motifs is 2. The number of ether oxygens (including phenoxy) is 1. The number of hydrogen-bond donors (Lipinski definition) is 2. The number of para-hydroxylation sites is 4. The number of methoxy groups -OCH3 is 1. The number of nitrogens with two attached hydrogens (primary N) is 1. The Labute approximate surface area is 262 Å². The third-order valence-electron chi connectivity index (χ3n) is 8.84. The molecule has 1 aliphatic rings. The lowest BCUT2D eigenvalue weighted by atomic mass is 9.96. The van der Waals surface area contributed by atoms with E-state index in [0.717, 1.165) is 71.5 Å². The molecular weight excluding hydrogens is 568 g/mol. The van der Waals surface area contributed by atoms with Crippen molar-refractivity contribution in [3.8, 4) is 5.69 Å². The molecule has 3 aromatic carbocycles. The first-order valence-electron chi connectivity index (χ1n) is 15.9. The molecule has 236 valence electrons. The number of aliphatic hydroxyl groups is 1. The highest BCUT2D eigenvalue weighted by Gasteiger charge is 2.29. The van der Waals surface area contributed by atoms with Crippen LogP contribution >= 0.6 is 0 Å². The third kappa shape index (κ3) is 6.45. The van der Waals surface area contributed by atoms with Gasteiger partial charge in [0.25, 0.3) is 0 Å². The molecule has 5 aromatic rings. The minimum absolute atomic E-state index is 0.0779. The second-order valence-corrected chi connectivity index (χ2v) is 12.0. The van der Waals surface area contributed by atoms with E-state index in [1.807, 2.05) is 65.6 Å². The lowest BCUT2D eigenvalue weighted by molar-refractivity contribution is -0.132. The molecule has 10 nitrogen and oxygen atoms in total. The van der Waals surface area contributed by atoms with Crippen LogP contribution in [0.3, 0.4) is 0 Å². The molecule has 0 bridgehead atoms. The van der Waals surface area contributed by atoms with Gasteiger partial charge in [-0.1, -0.05) is 36.4 Å². The molecule has 0 saturated carbocycles. The molecule has 6 rings (SSSR count). The topological polar surface area (TPSA) is 121 Å². The molecule has 2 atom stereocenters. The zero-order valence-corrected chi connectivity index (χ0v) is 25.8. The molecule has 0 aliphatic carbocycles. The Balaban J connectivity index is 1.11. The predicted molar refractivity (Wildman–Crippen MR) is 176 cm³/mol. The summed E-state index contributed by atoms with van der Waals surface area (Å²) in [6.07, 6.45) is 3.66. The first kappa shape index (κ1) is 30.8. The van der Waals surface area contributed by atoms with Crippen LogP contribution in [-0.4, -0.2) is 74.1 Å². The van der Waals surface area contributed by atoms with E-state index in [-0.39, 0.29) is 43.1 Å². The number of carbonyl (C=O) groups excluding carboxylic acids is 1. The Kier molecular flexibility index (Phi) is 9.44. The van der Waals surface area contributed by atoms with E-state index in [1.54, 1.807) is 16.2 Å². The summed E-state index contributed by atoms with van der Waals surface area (Å²) in [5, 5.41) is 9.47. The monoisotopic (exact) mass is 610 g/mol. The fourth-order valence-electron chi connectivity index (χ4n) is 6.71. The molecule has 1 saturated heterocycles. The normalized spacial score (nSPS) is 16.1. The summed E-state index contributed by atoms with van der Waals surface area (Å²) < 4.78 is 10.9. The molecule has 2 aromatic heterocycles. The number of nitrogens with zero attached hydrogens (tertiary/aromatic N) is 5. The molecule has 45 heavy (non-hydrogen) atoms. The van der Waals surface area contributed by atoms with Crippen LogP contribution in [0.1, 0.15) is 43.0 Å². The van der Waals surface area contributed by atoms with Crippen molar-refractivity contribution in [3.05, 3.63) is 94.7 Å². The summed E-state index contributed by atoms with van der Waals surface area (Å²) in [7, 11) is 1.72. The Morgan fingerprint density at radius 1 is 1.00 bits per heavy atom. The molecule has 3 heterocycles. The molecule has 2 unspecified atom stereocenters. The zero-order chi connectivity index (χ0) is 31.3. The van der Waals surface area contributed by atoms with Crippen LogP contribution in [0, 0.1) is 0 Å². The summed E-state index contributed by atoms with van der Waals surface area (Å²) >= 11 is 0. The Morgan fingerprint density at radius 2 is 1.73 bits per heavy atom. The zero-order valence-electron chi connectivity index (χ0n) is 25.8. The van der Waals surface area contributed by atoms with Gasteiger partial charge in [0.1, 0.15) is 5.82 Å². The van der Waals surface area contributed by atoms with E-state index in [9.17, 15) is 14.7 Å². The van der Waals surface area contributed by atoms with Gasteiger partial charge < -0.3 is 25.0 Å². The van der Waals surface area contributed by atoms with Crippen LogP contribution < -0.4 is 11.4 Å². The van der Waals surface area contributed by atoms with Gasteiger partial charge in [-0.05, 0) is 67.6 Å². The van der Waals surface area contributed by atoms with Crippen molar-refractivity contribution in [3.63, 3.8) is 0 Å². The number of carbonyl (C=O) groups is 1. The maximum atomic E-state index is 13.4. The van der Waals surface area contributed by atoms with Crippen LogP contribution in [0.25, 0.3) is 27.8 Å². The largest absolute Gasteiger partial charge is 0.395 e. The SMILES string of the molecule is COCCCn1c(C2CCCN(C(=O)CC(N)Cc3ccc(-n4c(=O)n(CCO)c5ccccc54)cc3)C2)nc2ccccc21. The van der Waals surface area contributed by atoms with Crippen molar-refractivity contribution in [2.45, 2.75) is 57.2 Å². The minimum atomic E-state index is -0.323. The van der Waals surface area contributed by atoms with Gasteiger partial charge in [-0.15, -0.1) is 0 Å². The fourth-order valence-corrected chi connectivity index (χ4v) is 6.71. The Hall–Kier alpha value is -4.25. The maximum absolute atomic E-state index is 13.4. The van der Waals surface area contributed by atoms with Crippen LogP contribution in [-0.2, 0) is 29.0 Å². The van der Waals surface area contributed by atoms with Crippen LogP contribution in [0.5, 0.6) is 0 Å². The maximum Gasteiger partial charge on any atom is 0.333 e. The average molecular weight is 611 g/mol. The lowest BCUT2D eigenvalue weighted by Gasteiger charge is -2.33. The second kappa shape index (κ2) is 13.8. The summed E-state index contributed by atoms with van der Waals surface area (Å²) in [6, 6.07) is 23.2. The minimum Gasteiger partial charge on any atom is -0.395 e. The number of rotatable bonds is 12. The van der Waals surface area contributed by atoms with Gasteiger partial charge in [-0.2, -0.15) is 0 Å². The first-order chi connectivity index (χ1) is 22.0. The van der Waals surface area contributed by atoms with Gasteiger partial charge in [0, 0.05) is 51.7 Å². The number of aliphatic hydroxyl groups excluding tert-OH is 1. The van der Waals surface area contributed by atoms with Gasteiger partial charge in [-0.25, -0.2) is 9.78 Å². The summed E-state index contributed by atoms with van der Waals surface area (Å²) in [6.45, 7) is 3.02. The number of likely N-dealkylation sites (tertiary alicyclic amines) is 1. The van der Waals surface area contributed by atoms with Crippen molar-refractivity contribution < 1.29 is 14.6 Å². The number of aryl methyl sites for hydroxylation is 1. The van der Waals surface area contributed by atoms with Crippen molar-refractivity contribution in [1.29, 1.82) is 0 Å². The summed E-state index contributed by atoms with van der Waals surface area (Å²) in [4.78, 5) is 33.6. The van der Waals surface area contributed by atoms with Crippen LogP contribution in [0.4, 0.5) is 0 Å². The molecule has 0 radical (unpaired) electrons. The lowest BCUT2D eigenvalue weighted by Crippen LogP contribution is -2.42. The predicted octanol–water partition coefficient (Wildman–Crippen LogP) is 3.84. The van der Waals surface area contributed by atoms with Crippen molar-refractivity contribution in [2.24, 2.45) is 5.73 Å². The number of aromatic nitrogens is 4. The van der Waals surface area contributed by atoms with Gasteiger partial charge in [0.2, 0.25) is 5.91 Å². The molecule has 1 amide bonds. The van der Waals surface area contributed by atoms with E-state index in [4.69, 9.17) is 15.5 Å². The second-order valence-electron chi connectivity index (χ2n) is 12.0. The van der Waals surface area contributed by atoms with Gasteiger partial charge in [0.15, 0.2) is 0 Å². The highest BCUT2D eigenvalue weighted by atomic mass is 16.5. The average Bonchev–Trinajstić information content (AvgIpc) is 3.56. The van der Waals surface area contributed by atoms with Crippen molar-refractivity contribution in [1.82, 2.24) is 23.6 Å². The molecule has 10 heteroatoms. The fraction of sp³-hybridized carbons (Fsp3) is 0.400. The van der Waals surface area contributed by atoms with E-state index in [2.05, 4.69) is 16.7 Å².